The SMILES string of the molecule is COc1ccc(/C=N/N(C)[P+](=S)Oc2ccc(CO)cc2)cc1. The predicted octanol–water partition coefficient (Wildman–Crippen LogP) is 3.31. The van der Waals surface area contributed by atoms with Crippen molar-refractivity contribution in [2.24, 2.45) is 5.10 Å². The molecule has 120 valence electrons. The van der Waals surface area contributed by atoms with E-state index in [-0.39, 0.29) is 6.61 Å². The van der Waals surface area contributed by atoms with Crippen LogP contribution in [-0.2, 0) is 18.4 Å². The molecule has 0 aliphatic rings. The van der Waals surface area contributed by atoms with E-state index in [1.165, 1.54) is 0 Å². The number of hydrogen-bond acceptors (Lipinski definition) is 5. The molecule has 0 fully saturated rings. The highest BCUT2D eigenvalue weighted by molar-refractivity contribution is 8.02. The summed E-state index contributed by atoms with van der Waals surface area (Å²) < 4.78 is 12.4. The molecule has 5 nitrogen and oxygen atoms in total. The molecule has 0 saturated carbocycles. The predicted molar refractivity (Wildman–Crippen MR) is 95.6 cm³/mol. The standard InChI is InChI=1S/C16H18N2O3PS/c1-18(17-11-13-3-7-15(20-2)8-4-13)22(23)21-16-9-5-14(12-19)6-10-16/h3-11,19H,12H2,1-2H3/q+1/b17-11+. The Kier molecular flexibility index (Phi) is 6.47. The van der Waals surface area contributed by atoms with Crippen molar-refractivity contribution in [3.8, 4) is 11.5 Å². The van der Waals surface area contributed by atoms with Gasteiger partial charge < -0.3 is 9.84 Å². The summed E-state index contributed by atoms with van der Waals surface area (Å²) in [6.45, 7) is 0.00890. The molecule has 0 heterocycles. The molecule has 2 rings (SSSR count). The summed E-state index contributed by atoms with van der Waals surface area (Å²) in [4.78, 5) is 0. The molecule has 1 N–H and O–H groups in total. The van der Waals surface area contributed by atoms with Gasteiger partial charge in [0, 0.05) is 0 Å². The lowest BCUT2D eigenvalue weighted by Gasteiger charge is -2.03. The van der Waals surface area contributed by atoms with E-state index in [4.69, 9.17) is 26.2 Å². The third-order valence-corrected chi connectivity index (χ3v) is 4.89. The van der Waals surface area contributed by atoms with Gasteiger partial charge in [0.2, 0.25) is 11.8 Å². The zero-order valence-corrected chi connectivity index (χ0v) is 14.6. The van der Waals surface area contributed by atoms with E-state index in [2.05, 4.69) is 5.10 Å². The van der Waals surface area contributed by atoms with Crippen molar-refractivity contribution < 1.29 is 14.4 Å². The summed E-state index contributed by atoms with van der Waals surface area (Å²) in [6.07, 6.45) is 1.72. The maximum atomic E-state index is 9.02. The molecule has 0 aliphatic heterocycles. The van der Waals surface area contributed by atoms with E-state index in [9.17, 15) is 0 Å². The molecule has 1 atom stereocenters. The lowest BCUT2D eigenvalue weighted by Crippen LogP contribution is -2.03. The number of benzene rings is 2. The van der Waals surface area contributed by atoms with Crippen LogP contribution in [0, 0.1) is 0 Å². The Hall–Kier alpha value is -2.01. The zero-order valence-electron chi connectivity index (χ0n) is 12.9. The van der Waals surface area contributed by atoms with Crippen molar-refractivity contribution in [3.63, 3.8) is 0 Å². The fourth-order valence-electron chi connectivity index (χ4n) is 1.69. The van der Waals surface area contributed by atoms with Crippen LogP contribution < -0.4 is 9.26 Å². The quantitative estimate of drug-likeness (QED) is 0.472. The van der Waals surface area contributed by atoms with Crippen molar-refractivity contribution in [1.82, 2.24) is 4.78 Å². The second-order valence-corrected chi connectivity index (χ2v) is 6.81. The van der Waals surface area contributed by atoms with Crippen molar-refractivity contribution in [3.05, 3.63) is 59.7 Å². The molecule has 0 aliphatic carbocycles. The summed E-state index contributed by atoms with van der Waals surface area (Å²) in [5.74, 6) is 1.46. The van der Waals surface area contributed by atoms with Crippen LogP contribution in [0.15, 0.2) is 53.6 Å². The highest BCUT2D eigenvalue weighted by Gasteiger charge is 2.20. The number of rotatable bonds is 7. The maximum Gasteiger partial charge on any atom is 0.540 e. The van der Waals surface area contributed by atoms with Crippen molar-refractivity contribution in [2.45, 2.75) is 6.61 Å². The highest BCUT2D eigenvalue weighted by Crippen LogP contribution is 2.30. The van der Waals surface area contributed by atoms with Crippen LogP contribution in [0.5, 0.6) is 11.5 Å². The lowest BCUT2D eigenvalue weighted by atomic mass is 10.2. The first-order valence-electron chi connectivity index (χ1n) is 6.89. The van der Waals surface area contributed by atoms with Crippen LogP contribution in [0.4, 0.5) is 0 Å². The van der Waals surface area contributed by atoms with Gasteiger partial charge in [-0.3, -0.25) is 4.52 Å². The molecular weight excluding hydrogens is 331 g/mol. The van der Waals surface area contributed by atoms with E-state index in [1.807, 2.05) is 24.3 Å². The Morgan fingerprint density at radius 1 is 1.13 bits per heavy atom. The Morgan fingerprint density at radius 3 is 2.30 bits per heavy atom. The molecule has 0 spiro atoms. The first-order valence-corrected chi connectivity index (χ1v) is 9.11. The monoisotopic (exact) mass is 349 g/mol. The molecule has 0 bridgehead atoms. The number of aliphatic hydroxyl groups excluding tert-OH is 1. The first-order chi connectivity index (χ1) is 11.1. The topological polar surface area (TPSA) is 54.3 Å². The minimum Gasteiger partial charge on any atom is -0.497 e. The third-order valence-electron chi connectivity index (χ3n) is 3.02. The number of hydrazone groups is 1. The van der Waals surface area contributed by atoms with E-state index in [1.54, 1.807) is 49.4 Å². The molecule has 7 heteroatoms. The average Bonchev–Trinajstić information content (AvgIpc) is 2.60. The van der Waals surface area contributed by atoms with Gasteiger partial charge in [0.15, 0.2) is 5.75 Å². The van der Waals surface area contributed by atoms with Gasteiger partial charge in [-0.2, -0.15) is 0 Å². The van der Waals surface area contributed by atoms with Crippen LogP contribution in [0.1, 0.15) is 11.1 Å². The van der Waals surface area contributed by atoms with Crippen LogP contribution in [0.3, 0.4) is 0 Å². The second-order valence-electron chi connectivity index (χ2n) is 4.64. The summed E-state index contributed by atoms with van der Waals surface area (Å²) in [6, 6.07) is 14.7. The van der Waals surface area contributed by atoms with E-state index >= 15 is 0 Å². The fraction of sp³-hybridized carbons (Fsp3) is 0.188. The largest absolute Gasteiger partial charge is 0.540 e. The van der Waals surface area contributed by atoms with Crippen molar-refractivity contribution in [2.75, 3.05) is 14.2 Å². The molecule has 2 aromatic carbocycles. The van der Waals surface area contributed by atoms with Gasteiger partial charge in [0.25, 0.3) is 0 Å². The van der Waals surface area contributed by atoms with Crippen LogP contribution in [0.2, 0.25) is 0 Å². The van der Waals surface area contributed by atoms with E-state index < -0.39 is 7.07 Å². The second kappa shape index (κ2) is 8.58. The van der Waals surface area contributed by atoms with Gasteiger partial charge in [-0.15, -0.1) is 5.10 Å². The Morgan fingerprint density at radius 2 is 1.74 bits per heavy atom. The number of methoxy groups -OCH3 is 1. The fourth-order valence-corrected chi connectivity index (χ4v) is 2.63. The molecule has 0 aromatic heterocycles. The lowest BCUT2D eigenvalue weighted by molar-refractivity contribution is 0.282. The van der Waals surface area contributed by atoms with E-state index in [0.717, 1.165) is 16.9 Å². The van der Waals surface area contributed by atoms with Gasteiger partial charge >= 0.3 is 7.07 Å². The Bertz CT molecular complexity index is 675. The Labute approximate surface area is 141 Å². The van der Waals surface area contributed by atoms with Crippen LogP contribution in [0.25, 0.3) is 0 Å². The maximum absolute atomic E-state index is 9.02. The number of aliphatic hydroxyl groups is 1. The van der Waals surface area contributed by atoms with Gasteiger partial charge in [0.1, 0.15) is 5.75 Å². The smallest absolute Gasteiger partial charge is 0.497 e. The zero-order chi connectivity index (χ0) is 16.7. The number of ether oxygens (including phenoxy) is 1. The van der Waals surface area contributed by atoms with Crippen LogP contribution in [-0.4, -0.2) is 30.3 Å². The molecular formula is C16H18N2O3PS+. The summed E-state index contributed by atoms with van der Waals surface area (Å²) in [7, 11) is 2.10. The van der Waals surface area contributed by atoms with Crippen LogP contribution >= 0.6 is 7.07 Å². The van der Waals surface area contributed by atoms with Gasteiger partial charge in [0.05, 0.1) is 27.0 Å². The third kappa shape index (κ3) is 5.28. The highest BCUT2D eigenvalue weighted by atomic mass is 32.4. The molecule has 0 radical (unpaired) electrons. The minimum atomic E-state index is -1.31. The minimum absolute atomic E-state index is 0.00890. The molecule has 1 unspecified atom stereocenters. The normalized spacial score (nSPS) is 11.3. The van der Waals surface area contributed by atoms with Gasteiger partial charge in [-0.1, -0.05) is 16.9 Å². The first kappa shape index (κ1) is 17.3. The average molecular weight is 349 g/mol. The van der Waals surface area contributed by atoms with E-state index in [0.29, 0.717) is 5.75 Å². The molecule has 23 heavy (non-hydrogen) atoms. The summed E-state index contributed by atoms with van der Waals surface area (Å²) in [5.41, 5.74) is 1.78. The molecule has 2 aromatic rings. The summed E-state index contributed by atoms with van der Waals surface area (Å²) in [5, 5.41) is 13.3. The van der Waals surface area contributed by atoms with Gasteiger partial charge in [-0.05, 0) is 47.5 Å². The summed E-state index contributed by atoms with van der Waals surface area (Å²) >= 11 is 5.34. The Balaban J connectivity index is 1.94. The van der Waals surface area contributed by atoms with Crippen molar-refractivity contribution >= 4 is 25.1 Å². The molecule has 0 saturated heterocycles. The number of hydrogen-bond donors (Lipinski definition) is 1. The van der Waals surface area contributed by atoms with Gasteiger partial charge in [-0.25, -0.2) is 0 Å². The number of nitrogens with zero attached hydrogens (tertiary/aromatic N) is 2. The van der Waals surface area contributed by atoms with Crippen molar-refractivity contribution in [1.29, 1.82) is 0 Å². The molecule has 0 amide bonds.